The normalized spacial score (nSPS) is 11.2. The molecule has 3 N–H and O–H groups in total. The number of hydrazone groups is 1. The van der Waals surface area contributed by atoms with Gasteiger partial charge in [0.05, 0.1) is 11.9 Å². The van der Waals surface area contributed by atoms with E-state index in [2.05, 4.69) is 46.0 Å². The molecule has 3 aromatic heterocycles. The van der Waals surface area contributed by atoms with Gasteiger partial charge in [-0.15, -0.1) is 15.3 Å². The Kier molecular flexibility index (Phi) is 6.30. The fourth-order valence-electron chi connectivity index (χ4n) is 2.73. The Balaban J connectivity index is 1.54. The molecule has 0 fully saturated rings. The molecule has 0 spiro atoms. The number of nitrogen functional groups attached to an aromatic ring is 1. The molecule has 0 aliphatic heterocycles. The molecule has 15 heteroatoms. The summed E-state index contributed by atoms with van der Waals surface area (Å²) >= 11 is 1.33. The number of anilines is 2. The maximum absolute atomic E-state index is 12.8. The number of amides is 1. The van der Waals surface area contributed by atoms with Crippen LogP contribution in [-0.4, -0.2) is 66.3 Å². The first-order valence-electron chi connectivity index (χ1n) is 9.54. The smallest absolute Gasteiger partial charge is 0.293 e. The number of carbonyl (C=O) groups is 1. The summed E-state index contributed by atoms with van der Waals surface area (Å²) in [5.41, 5.74) is 10.6. The lowest BCUT2D eigenvalue weighted by Crippen LogP contribution is -2.20. The minimum Gasteiger partial charge on any atom is -0.378 e. The van der Waals surface area contributed by atoms with E-state index in [1.807, 2.05) is 50.3 Å². The predicted octanol–water partition coefficient (Wildman–Crippen LogP) is 0.483. The predicted molar refractivity (Wildman–Crippen MR) is 120 cm³/mol. The first-order chi connectivity index (χ1) is 15.9. The molecule has 0 aliphatic rings. The second-order valence-corrected chi connectivity index (χ2v) is 7.91. The number of rotatable bonds is 8. The van der Waals surface area contributed by atoms with Crippen molar-refractivity contribution in [3.8, 4) is 5.82 Å². The fraction of sp³-hybridized carbons (Fsp3) is 0.222. The molecule has 0 saturated carbocycles. The van der Waals surface area contributed by atoms with Crippen LogP contribution in [0.5, 0.6) is 0 Å². The quantitative estimate of drug-likeness (QED) is 0.209. The van der Waals surface area contributed by atoms with Gasteiger partial charge in [0.2, 0.25) is 11.6 Å². The second kappa shape index (κ2) is 9.47. The van der Waals surface area contributed by atoms with Gasteiger partial charge in [0.25, 0.3) is 5.91 Å². The Morgan fingerprint density at radius 1 is 1.27 bits per heavy atom. The van der Waals surface area contributed by atoms with Gasteiger partial charge >= 0.3 is 0 Å². The molecule has 4 rings (SSSR count). The Morgan fingerprint density at radius 3 is 2.70 bits per heavy atom. The van der Waals surface area contributed by atoms with Gasteiger partial charge in [0.15, 0.2) is 10.9 Å². The second-order valence-electron chi connectivity index (χ2n) is 6.97. The third-order valence-corrected chi connectivity index (χ3v) is 5.52. The molecule has 4 aromatic rings. The van der Waals surface area contributed by atoms with Crippen LogP contribution < -0.4 is 16.1 Å². The number of nitrogens with two attached hydrogens (primary N) is 1. The lowest BCUT2D eigenvalue weighted by molar-refractivity contribution is 0.0949. The SMILES string of the molecule is CN(C)c1ccc(/C=N\NC(=O)c2nnn(-c3nonc3N)c2CSc2nncn2C)cc1. The maximum Gasteiger partial charge on any atom is 0.293 e. The van der Waals surface area contributed by atoms with Crippen LogP contribution >= 0.6 is 11.8 Å². The van der Waals surface area contributed by atoms with E-state index in [4.69, 9.17) is 5.73 Å². The Bertz CT molecular complexity index is 1270. The lowest BCUT2D eigenvalue weighted by Gasteiger charge is -2.11. The third kappa shape index (κ3) is 4.82. The molecule has 0 bridgehead atoms. The van der Waals surface area contributed by atoms with E-state index in [-0.39, 0.29) is 23.1 Å². The van der Waals surface area contributed by atoms with E-state index >= 15 is 0 Å². The van der Waals surface area contributed by atoms with Crippen molar-refractivity contribution in [3.63, 3.8) is 0 Å². The number of benzene rings is 1. The molecule has 14 nitrogen and oxygen atoms in total. The summed E-state index contributed by atoms with van der Waals surface area (Å²) in [7, 11) is 5.73. The number of carbonyl (C=O) groups excluding carboxylic acids is 1. The topological polar surface area (TPSA) is 171 Å². The van der Waals surface area contributed by atoms with E-state index in [1.54, 1.807) is 10.9 Å². The Morgan fingerprint density at radius 2 is 2.06 bits per heavy atom. The molecule has 0 radical (unpaired) electrons. The van der Waals surface area contributed by atoms with Crippen molar-refractivity contribution >= 4 is 35.4 Å². The van der Waals surface area contributed by atoms with Gasteiger partial charge in [-0.2, -0.15) is 9.78 Å². The van der Waals surface area contributed by atoms with E-state index in [1.165, 1.54) is 22.7 Å². The van der Waals surface area contributed by atoms with Crippen molar-refractivity contribution in [1.29, 1.82) is 0 Å². The zero-order valence-electron chi connectivity index (χ0n) is 17.9. The van der Waals surface area contributed by atoms with E-state index < -0.39 is 5.91 Å². The lowest BCUT2D eigenvalue weighted by atomic mass is 10.2. The van der Waals surface area contributed by atoms with Gasteiger partial charge < -0.3 is 15.2 Å². The van der Waals surface area contributed by atoms with Crippen LogP contribution in [0.4, 0.5) is 11.5 Å². The van der Waals surface area contributed by atoms with Crippen LogP contribution in [0.2, 0.25) is 0 Å². The number of nitrogens with zero attached hydrogens (tertiary/aromatic N) is 10. The number of nitrogens with one attached hydrogen (secondary N) is 1. The average molecular weight is 469 g/mol. The highest BCUT2D eigenvalue weighted by Crippen LogP contribution is 2.24. The highest BCUT2D eigenvalue weighted by molar-refractivity contribution is 7.98. The zero-order chi connectivity index (χ0) is 23.4. The van der Waals surface area contributed by atoms with Crippen molar-refractivity contribution in [2.45, 2.75) is 10.9 Å². The fourth-order valence-corrected chi connectivity index (χ4v) is 3.61. The zero-order valence-corrected chi connectivity index (χ0v) is 18.8. The Hall–Kier alpha value is -4.27. The van der Waals surface area contributed by atoms with Crippen LogP contribution in [0.25, 0.3) is 5.82 Å². The first kappa shape index (κ1) is 21.9. The average Bonchev–Trinajstić information content (AvgIpc) is 3.52. The summed E-state index contributed by atoms with van der Waals surface area (Å²) in [5, 5.41) is 27.8. The van der Waals surface area contributed by atoms with Crippen LogP contribution in [0, 0.1) is 0 Å². The molecule has 1 aromatic carbocycles. The van der Waals surface area contributed by atoms with Crippen molar-refractivity contribution < 1.29 is 9.42 Å². The molecule has 0 atom stereocenters. The van der Waals surface area contributed by atoms with Crippen LogP contribution in [0.15, 0.2) is 45.5 Å². The summed E-state index contributed by atoms with van der Waals surface area (Å²) in [4.78, 5) is 14.8. The van der Waals surface area contributed by atoms with E-state index in [0.29, 0.717) is 10.9 Å². The first-order valence-corrected chi connectivity index (χ1v) is 10.5. The molecule has 0 unspecified atom stereocenters. The summed E-state index contributed by atoms with van der Waals surface area (Å²) in [5.74, 6) is -0.147. The summed E-state index contributed by atoms with van der Waals surface area (Å²) in [6.45, 7) is 0. The number of aromatic nitrogens is 8. The summed E-state index contributed by atoms with van der Waals surface area (Å²) < 4.78 is 7.70. The number of hydrogen-bond acceptors (Lipinski definition) is 12. The number of hydrogen-bond donors (Lipinski definition) is 2. The monoisotopic (exact) mass is 468 g/mol. The molecule has 1 amide bonds. The van der Waals surface area contributed by atoms with Gasteiger partial charge in [-0.25, -0.2) is 10.1 Å². The van der Waals surface area contributed by atoms with Gasteiger partial charge in [-0.3, -0.25) is 4.79 Å². The molecular formula is C18H20N12O2S. The largest absolute Gasteiger partial charge is 0.378 e. The van der Waals surface area contributed by atoms with Crippen LogP contribution in [0.3, 0.4) is 0 Å². The highest BCUT2D eigenvalue weighted by Gasteiger charge is 2.24. The Labute approximate surface area is 191 Å². The minimum atomic E-state index is -0.550. The molecule has 3 heterocycles. The minimum absolute atomic E-state index is 0.0101. The number of aryl methyl sites for hydroxylation is 1. The summed E-state index contributed by atoms with van der Waals surface area (Å²) in [6, 6.07) is 7.69. The molecular weight excluding hydrogens is 448 g/mol. The molecule has 170 valence electrons. The van der Waals surface area contributed by atoms with Gasteiger partial charge in [-0.1, -0.05) is 29.1 Å². The molecule has 0 saturated heterocycles. The number of thioether (sulfide) groups is 1. The molecule has 33 heavy (non-hydrogen) atoms. The van der Waals surface area contributed by atoms with Crippen molar-refractivity contribution in [2.24, 2.45) is 12.1 Å². The van der Waals surface area contributed by atoms with Gasteiger partial charge in [0, 0.05) is 32.6 Å². The van der Waals surface area contributed by atoms with E-state index in [0.717, 1.165) is 11.3 Å². The molecule has 0 aliphatic carbocycles. The highest BCUT2D eigenvalue weighted by atomic mass is 32.2. The maximum atomic E-state index is 12.8. The van der Waals surface area contributed by atoms with Crippen molar-refractivity contribution in [1.82, 2.24) is 45.5 Å². The van der Waals surface area contributed by atoms with E-state index in [9.17, 15) is 4.79 Å². The summed E-state index contributed by atoms with van der Waals surface area (Å²) in [6.07, 6.45) is 3.11. The van der Waals surface area contributed by atoms with Crippen LogP contribution in [0.1, 0.15) is 21.7 Å². The standard InChI is InChI=1S/C18H20N12O2S/c1-28(2)12-6-4-11(5-7-12)8-20-23-17(31)14-13(9-33-18-24-21-10-29(18)3)30(27-22-14)16-15(19)25-32-26-16/h4-8,10H,9H2,1-3H3,(H2,19,25)(H,23,31)/b20-8-. The third-order valence-electron chi connectivity index (χ3n) is 4.47. The van der Waals surface area contributed by atoms with Crippen molar-refractivity contribution in [2.75, 3.05) is 24.7 Å². The van der Waals surface area contributed by atoms with Gasteiger partial charge in [0.1, 0.15) is 6.33 Å². The van der Waals surface area contributed by atoms with Crippen LogP contribution in [-0.2, 0) is 12.8 Å². The van der Waals surface area contributed by atoms with Crippen molar-refractivity contribution in [3.05, 3.63) is 47.5 Å². The van der Waals surface area contributed by atoms with Gasteiger partial charge in [-0.05, 0) is 28.0 Å².